The number of carbonyl (C=O) groups is 3. The first-order valence-electron chi connectivity index (χ1n) is 4.26. The summed E-state index contributed by atoms with van der Waals surface area (Å²) in [5.41, 5.74) is 0.844. The molecular formula is C10H8O4. The molecule has 14 heavy (non-hydrogen) atoms. The van der Waals surface area contributed by atoms with Crippen LogP contribution in [0.2, 0.25) is 0 Å². The second-order valence-corrected chi connectivity index (χ2v) is 3.26. The van der Waals surface area contributed by atoms with Crippen LogP contribution in [0.5, 0.6) is 0 Å². The Balaban J connectivity index is 2.22. The van der Waals surface area contributed by atoms with Crippen molar-refractivity contribution in [3.8, 4) is 0 Å². The van der Waals surface area contributed by atoms with Gasteiger partial charge in [-0.25, -0.2) is 0 Å². The molecule has 0 amide bonds. The van der Waals surface area contributed by atoms with E-state index in [2.05, 4.69) is 0 Å². The van der Waals surface area contributed by atoms with Gasteiger partial charge in [0, 0.05) is 24.5 Å². The minimum atomic E-state index is -0.510. The lowest BCUT2D eigenvalue weighted by Crippen LogP contribution is -2.37. The molecule has 0 fully saturated rings. The molecule has 0 saturated heterocycles. The van der Waals surface area contributed by atoms with Crippen molar-refractivity contribution in [2.45, 2.75) is 19.4 Å². The molecule has 0 heterocycles. The van der Waals surface area contributed by atoms with Crippen molar-refractivity contribution >= 4 is 17.5 Å². The lowest BCUT2D eigenvalue weighted by atomic mass is 9.77. The Kier molecular flexibility index (Phi) is 1.84. The van der Waals surface area contributed by atoms with Gasteiger partial charge < -0.3 is 4.74 Å². The van der Waals surface area contributed by atoms with Gasteiger partial charge in [0.05, 0.1) is 0 Å². The van der Waals surface area contributed by atoms with Gasteiger partial charge in [-0.15, -0.1) is 0 Å². The predicted octanol–water partition coefficient (Wildman–Crippen LogP) is 0.326. The molecule has 2 rings (SSSR count). The topological polar surface area (TPSA) is 60.4 Å². The quantitative estimate of drug-likeness (QED) is 0.443. The standard InChI is InChI=1S/C10H8O4/c1-5(11)14-9-4-6-7(12)2-3-8(13)10(6)9/h2-3,9H,4H2,1H3. The van der Waals surface area contributed by atoms with Crippen LogP contribution in [0.4, 0.5) is 0 Å². The SMILES string of the molecule is CC(=O)OC1CC2=C1C(=O)C=CC2=O. The largest absolute Gasteiger partial charge is 0.457 e. The fourth-order valence-corrected chi connectivity index (χ4v) is 1.64. The molecule has 1 unspecified atom stereocenters. The number of rotatable bonds is 1. The molecular weight excluding hydrogens is 184 g/mol. The van der Waals surface area contributed by atoms with Crippen molar-refractivity contribution in [2.24, 2.45) is 0 Å². The number of hydrogen-bond acceptors (Lipinski definition) is 4. The summed E-state index contributed by atoms with van der Waals surface area (Å²) in [4.78, 5) is 33.2. The fourth-order valence-electron chi connectivity index (χ4n) is 1.64. The maximum absolute atomic E-state index is 11.3. The summed E-state index contributed by atoms with van der Waals surface area (Å²) in [6.07, 6.45) is 2.33. The number of ketones is 2. The number of esters is 1. The van der Waals surface area contributed by atoms with Crippen LogP contribution in [-0.4, -0.2) is 23.6 Å². The van der Waals surface area contributed by atoms with Crippen LogP contribution in [-0.2, 0) is 19.1 Å². The molecule has 1 atom stereocenters. The lowest BCUT2D eigenvalue weighted by molar-refractivity contribution is -0.146. The van der Waals surface area contributed by atoms with E-state index in [9.17, 15) is 14.4 Å². The molecule has 4 nitrogen and oxygen atoms in total. The van der Waals surface area contributed by atoms with Gasteiger partial charge >= 0.3 is 5.97 Å². The molecule has 0 spiro atoms. The van der Waals surface area contributed by atoms with Crippen molar-refractivity contribution in [3.63, 3.8) is 0 Å². The highest BCUT2D eigenvalue weighted by atomic mass is 16.5. The second-order valence-electron chi connectivity index (χ2n) is 3.26. The van der Waals surface area contributed by atoms with E-state index in [0.717, 1.165) is 0 Å². The van der Waals surface area contributed by atoms with Crippen LogP contribution in [0.1, 0.15) is 13.3 Å². The van der Waals surface area contributed by atoms with Gasteiger partial charge in [0.15, 0.2) is 11.6 Å². The predicted molar refractivity (Wildman–Crippen MR) is 46.4 cm³/mol. The summed E-state index contributed by atoms with van der Waals surface area (Å²) < 4.78 is 4.87. The van der Waals surface area contributed by atoms with E-state index in [1.807, 2.05) is 0 Å². The molecule has 0 aromatic rings. The van der Waals surface area contributed by atoms with E-state index in [0.29, 0.717) is 17.6 Å². The Morgan fingerprint density at radius 1 is 1.36 bits per heavy atom. The minimum absolute atomic E-state index is 0.150. The highest BCUT2D eigenvalue weighted by molar-refractivity contribution is 6.22. The van der Waals surface area contributed by atoms with Crippen molar-refractivity contribution in [3.05, 3.63) is 23.3 Å². The van der Waals surface area contributed by atoms with Crippen LogP contribution in [0, 0.1) is 0 Å². The molecule has 4 heteroatoms. The number of ether oxygens (including phenoxy) is 1. The number of hydrogen-bond donors (Lipinski definition) is 0. The number of carbonyl (C=O) groups excluding carboxylic acids is 3. The molecule has 0 N–H and O–H groups in total. The van der Waals surface area contributed by atoms with E-state index in [-0.39, 0.29) is 11.6 Å². The van der Waals surface area contributed by atoms with Gasteiger partial charge in [0.25, 0.3) is 0 Å². The molecule has 2 aliphatic rings. The third-order valence-corrected chi connectivity index (χ3v) is 2.29. The summed E-state index contributed by atoms with van der Waals surface area (Å²) >= 11 is 0. The van der Waals surface area contributed by atoms with Crippen molar-refractivity contribution < 1.29 is 19.1 Å². The van der Waals surface area contributed by atoms with Gasteiger partial charge in [-0.2, -0.15) is 0 Å². The first-order valence-corrected chi connectivity index (χ1v) is 4.26. The van der Waals surface area contributed by atoms with E-state index < -0.39 is 12.1 Å². The summed E-state index contributed by atoms with van der Waals surface area (Å²) in [7, 11) is 0. The van der Waals surface area contributed by atoms with Crippen molar-refractivity contribution in [1.82, 2.24) is 0 Å². The van der Waals surface area contributed by atoms with E-state index >= 15 is 0 Å². The average Bonchev–Trinajstić information content (AvgIpc) is 2.05. The highest BCUT2D eigenvalue weighted by Gasteiger charge is 2.40. The summed E-state index contributed by atoms with van der Waals surface area (Å²) in [5, 5.41) is 0. The van der Waals surface area contributed by atoms with Crippen LogP contribution >= 0.6 is 0 Å². The molecule has 72 valence electrons. The maximum atomic E-state index is 11.3. The second kappa shape index (κ2) is 2.90. The Labute approximate surface area is 80.2 Å². The van der Waals surface area contributed by atoms with Crippen molar-refractivity contribution in [1.29, 1.82) is 0 Å². The van der Waals surface area contributed by atoms with Gasteiger partial charge in [-0.05, 0) is 12.2 Å². The molecule has 0 radical (unpaired) electrons. The molecule has 0 aromatic heterocycles. The summed E-state index contributed by atoms with van der Waals surface area (Å²) in [6, 6.07) is 0. The Morgan fingerprint density at radius 3 is 2.64 bits per heavy atom. The van der Waals surface area contributed by atoms with E-state index in [4.69, 9.17) is 4.74 Å². The average molecular weight is 192 g/mol. The fraction of sp³-hybridized carbons (Fsp3) is 0.300. The molecule has 0 aromatic carbocycles. The summed E-state index contributed by atoms with van der Waals surface area (Å²) in [5.74, 6) is -0.809. The van der Waals surface area contributed by atoms with Crippen LogP contribution in [0.15, 0.2) is 23.3 Å². The van der Waals surface area contributed by atoms with Gasteiger partial charge in [-0.3, -0.25) is 14.4 Å². The zero-order chi connectivity index (χ0) is 10.3. The van der Waals surface area contributed by atoms with Gasteiger partial charge in [0.1, 0.15) is 6.10 Å². The Hall–Kier alpha value is -1.71. The Morgan fingerprint density at radius 2 is 2.00 bits per heavy atom. The third kappa shape index (κ3) is 1.19. The number of allylic oxidation sites excluding steroid dienone is 2. The van der Waals surface area contributed by atoms with Crippen LogP contribution in [0.3, 0.4) is 0 Å². The van der Waals surface area contributed by atoms with Crippen LogP contribution in [0.25, 0.3) is 0 Å². The summed E-state index contributed by atoms with van der Waals surface area (Å²) in [6.45, 7) is 1.28. The minimum Gasteiger partial charge on any atom is -0.457 e. The smallest absolute Gasteiger partial charge is 0.303 e. The third-order valence-electron chi connectivity index (χ3n) is 2.29. The molecule has 0 aliphatic heterocycles. The van der Waals surface area contributed by atoms with Crippen LogP contribution < -0.4 is 0 Å². The van der Waals surface area contributed by atoms with Gasteiger partial charge in [-0.1, -0.05) is 0 Å². The van der Waals surface area contributed by atoms with Gasteiger partial charge in [0.2, 0.25) is 0 Å². The zero-order valence-corrected chi connectivity index (χ0v) is 7.57. The van der Waals surface area contributed by atoms with E-state index in [1.54, 1.807) is 0 Å². The molecule has 0 bridgehead atoms. The van der Waals surface area contributed by atoms with E-state index in [1.165, 1.54) is 19.1 Å². The monoisotopic (exact) mass is 192 g/mol. The first-order chi connectivity index (χ1) is 6.59. The molecule has 2 aliphatic carbocycles. The Bertz CT molecular complexity index is 400. The molecule has 0 saturated carbocycles. The van der Waals surface area contributed by atoms with Crippen molar-refractivity contribution in [2.75, 3.05) is 0 Å². The highest BCUT2D eigenvalue weighted by Crippen LogP contribution is 2.35. The lowest BCUT2D eigenvalue weighted by Gasteiger charge is -2.31. The zero-order valence-electron chi connectivity index (χ0n) is 7.57. The first kappa shape index (κ1) is 8.87. The normalized spacial score (nSPS) is 24.5. The maximum Gasteiger partial charge on any atom is 0.303 e.